The van der Waals surface area contributed by atoms with Crippen molar-refractivity contribution in [3.8, 4) is 0 Å². The van der Waals surface area contributed by atoms with Crippen LogP contribution in [0.5, 0.6) is 0 Å². The van der Waals surface area contributed by atoms with E-state index in [1.807, 2.05) is 0 Å². The van der Waals surface area contributed by atoms with E-state index in [2.05, 4.69) is 15.2 Å². The van der Waals surface area contributed by atoms with Gasteiger partial charge in [0.05, 0.1) is 28.8 Å². The first-order chi connectivity index (χ1) is 9.66. The second-order valence-corrected chi connectivity index (χ2v) is 4.24. The lowest BCUT2D eigenvalue weighted by Gasteiger charge is -2.04. The molecule has 0 saturated heterocycles. The molecule has 7 nitrogen and oxygen atoms in total. The van der Waals surface area contributed by atoms with Crippen molar-refractivity contribution in [2.45, 2.75) is 6.54 Å². The van der Waals surface area contributed by atoms with Crippen LogP contribution in [0.25, 0.3) is 11.0 Å². The van der Waals surface area contributed by atoms with Crippen LogP contribution in [-0.2, 0) is 6.54 Å². The highest BCUT2D eigenvalue weighted by molar-refractivity contribution is 6.01. The number of H-pyrrole nitrogens is 1. The van der Waals surface area contributed by atoms with E-state index in [9.17, 15) is 14.7 Å². The Morgan fingerprint density at radius 1 is 1.30 bits per heavy atom. The molecule has 0 aliphatic carbocycles. The van der Waals surface area contributed by atoms with Crippen molar-refractivity contribution in [2.75, 3.05) is 0 Å². The third kappa shape index (κ3) is 1.95. The molecular formula is C13H10N4O3. The number of para-hydroxylation sites is 1. The molecule has 100 valence electrons. The summed E-state index contributed by atoms with van der Waals surface area (Å²) in [5.74, 6) is -1.08. The number of rotatable bonds is 3. The fourth-order valence-electron chi connectivity index (χ4n) is 2.12. The number of carboxylic acids is 1. The minimum absolute atomic E-state index is 0.0738. The second-order valence-electron chi connectivity index (χ2n) is 4.24. The lowest BCUT2D eigenvalue weighted by atomic mass is 10.2. The van der Waals surface area contributed by atoms with Crippen LogP contribution < -0.4 is 5.69 Å². The number of nitrogens with one attached hydrogen (secondary N) is 1. The zero-order valence-electron chi connectivity index (χ0n) is 10.3. The van der Waals surface area contributed by atoms with E-state index >= 15 is 0 Å². The molecular weight excluding hydrogens is 260 g/mol. The van der Waals surface area contributed by atoms with Crippen molar-refractivity contribution in [3.05, 3.63) is 58.3 Å². The number of aromatic amines is 1. The molecule has 0 fully saturated rings. The molecule has 3 rings (SSSR count). The Bertz CT molecular complexity index is 836. The molecule has 0 amide bonds. The van der Waals surface area contributed by atoms with Crippen LogP contribution in [0, 0.1) is 0 Å². The van der Waals surface area contributed by atoms with Gasteiger partial charge in [-0.3, -0.25) is 4.57 Å². The highest BCUT2D eigenvalue weighted by Crippen LogP contribution is 2.16. The zero-order valence-corrected chi connectivity index (χ0v) is 10.3. The molecule has 2 heterocycles. The predicted molar refractivity (Wildman–Crippen MR) is 70.7 cm³/mol. The van der Waals surface area contributed by atoms with Gasteiger partial charge < -0.3 is 10.1 Å². The average Bonchev–Trinajstić information content (AvgIpc) is 2.76. The van der Waals surface area contributed by atoms with E-state index in [0.717, 1.165) is 0 Å². The van der Waals surface area contributed by atoms with Crippen molar-refractivity contribution >= 4 is 17.0 Å². The summed E-state index contributed by atoms with van der Waals surface area (Å²) >= 11 is 0. The lowest BCUT2D eigenvalue weighted by Crippen LogP contribution is -2.19. The normalized spacial score (nSPS) is 10.8. The van der Waals surface area contributed by atoms with Crippen LogP contribution in [0.2, 0.25) is 0 Å². The Balaban J connectivity index is 2.22. The van der Waals surface area contributed by atoms with E-state index in [0.29, 0.717) is 16.7 Å². The highest BCUT2D eigenvalue weighted by Gasteiger charge is 2.15. The van der Waals surface area contributed by atoms with E-state index in [1.54, 1.807) is 24.3 Å². The monoisotopic (exact) mass is 270 g/mol. The number of hydrogen-bond donors (Lipinski definition) is 2. The van der Waals surface area contributed by atoms with Gasteiger partial charge in [0.2, 0.25) is 0 Å². The van der Waals surface area contributed by atoms with Crippen LogP contribution in [-0.4, -0.2) is 30.8 Å². The minimum Gasteiger partial charge on any atom is -0.478 e. The molecule has 0 bridgehead atoms. The van der Waals surface area contributed by atoms with Gasteiger partial charge in [0.1, 0.15) is 0 Å². The van der Waals surface area contributed by atoms with Gasteiger partial charge in [0.15, 0.2) is 0 Å². The van der Waals surface area contributed by atoms with E-state index in [-0.39, 0.29) is 17.8 Å². The topological polar surface area (TPSA) is 101 Å². The maximum absolute atomic E-state index is 12.0. The largest absolute Gasteiger partial charge is 0.478 e. The van der Waals surface area contributed by atoms with Crippen LogP contribution in [0.15, 0.2) is 41.3 Å². The van der Waals surface area contributed by atoms with Gasteiger partial charge in [0, 0.05) is 6.20 Å². The molecule has 0 spiro atoms. The van der Waals surface area contributed by atoms with Crippen LogP contribution in [0.4, 0.5) is 0 Å². The zero-order chi connectivity index (χ0) is 14.1. The lowest BCUT2D eigenvalue weighted by molar-refractivity contribution is 0.0698. The molecule has 0 aliphatic rings. The van der Waals surface area contributed by atoms with Gasteiger partial charge in [-0.15, -0.1) is 0 Å². The summed E-state index contributed by atoms with van der Waals surface area (Å²) in [4.78, 5) is 25.9. The molecule has 2 aromatic heterocycles. The number of fused-ring (bicyclic) bond motifs is 1. The van der Waals surface area contributed by atoms with Gasteiger partial charge in [-0.2, -0.15) is 10.2 Å². The number of carbonyl (C=O) groups is 1. The standard InChI is InChI=1S/C13H10N4O3/c18-12(19)9-4-1-5-10-11(9)17(13(20)15-10)7-8-3-2-6-14-16-8/h1-6H,7H2,(H,15,20)(H,18,19). The number of benzene rings is 1. The quantitative estimate of drug-likeness (QED) is 0.735. The molecule has 2 N–H and O–H groups in total. The van der Waals surface area contributed by atoms with E-state index in [1.165, 1.54) is 16.8 Å². The second kappa shape index (κ2) is 4.61. The average molecular weight is 270 g/mol. The number of aromatic nitrogens is 4. The van der Waals surface area contributed by atoms with Crippen molar-refractivity contribution in [3.63, 3.8) is 0 Å². The maximum Gasteiger partial charge on any atom is 0.337 e. The minimum atomic E-state index is -1.08. The molecule has 0 radical (unpaired) electrons. The summed E-state index contributed by atoms with van der Waals surface area (Å²) in [5, 5.41) is 16.9. The van der Waals surface area contributed by atoms with Crippen LogP contribution in [0.1, 0.15) is 16.1 Å². The Labute approximate surface area is 112 Å². The van der Waals surface area contributed by atoms with Crippen molar-refractivity contribution in [1.82, 2.24) is 19.7 Å². The van der Waals surface area contributed by atoms with E-state index in [4.69, 9.17) is 0 Å². The first-order valence-corrected chi connectivity index (χ1v) is 5.88. The first kappa shape index (κ1) is 12.1. The van der Waals surface area contributed by atoms with Gasteiger partial charge in [-0.1, -0.05) is 6.07 Å². The number of aromatic carboxylic acids is 1. The smallest absolute Gasteiger partial charge is 0.337 e. The van der Waals surface area contributed by atoms with Gasteiger partial charge in [-0.05, 0) is 24.3 Å². The third-order valence-corrected chi connectivity index (χ3v) is 2.97. The molecule has 1 aromatic carbocycles. The van der Waals surface area contributed by atoms with Gasteiger partial charge >= 0.3 is 11.7 Å². The molecule has 0 aliphatic heterocycles. The summed E-state index contributed by atoms with van der Waals surface area (Å²) in [5.41, 5.74) is 1.12. The van der Waals surface area contributed by atoms with Gasteiger partial charge in [0.25, 0.3) is 0 Å². The molecule has 20 heavy (non-hydrogen) atoms. The molecule has 0 atom stereocenters. The highest BCUT2D eigenvalue weighted by atomic mass is 16.4. The summed E-state index contributed by atoms with van der Waals surface area (Å²) in [6.07, 6.45) is 1.53. The van der Waals surface area contributed by atoms with Crippen molar-refractivity contribution < 1.29 is 9.90 Å². The molecule has 0 saturated carbocycles. The maximum atomic E-state index is 12.0. The first-order valence-electron chi connectivity index (χ1n) is 5.88. The Morgan fingerprint density at radius 2 is 2.15 bits per heavy atom. The summed E-state index contributed by atoms with van der Waals surface area (Å²) in [7, 11) is 0. The predicted octanol–water partition coefficient (Wildman–Crippen LogP) is 0.866. The Morgan fingerprint density at radius 3 is 2.85 bits per heavy atom. The summed E-state index contributed by atoms with van der Waals surface area (Å²) in [6.45, 7) is 0.164. The Hall–Kier alpha value is -2.96. The molecule has 7 heteroatoms. The number of carboxylic acid groups (broad SMARTS) is 1. The summed E-state index contributed by atoms with van der Waals surface area (Å²) < 4.78 is 1.35. The number of hydrogen-bond acceptors (Lipinski definition) is 4. The fraction of sp³-hybridized carbons (Fsp3) is 0.0769. The van der Waals surface area contributed by atoms with Gasteiger partial charge in [-0.25, -0.2) is 9.59 Å². The summed E-state index contributed by atoms with van der Waals surface area (Å²) in [6, 6.07) is 8.15. The molecule has 0 unspecified atom stereocenters. The van der Waals surface area contributed by atoms with Crippen LogP contribution in [0.3, 0.4) is 0 Å². The fourth-order valence-corrected chi connectivity index (χ4v) is 2.12. The van der Waals surface area contributed by atoms with Crippen molar-refractivity contribution in [2.24, 2.45) is 0 Å². The van der Waals surface area contributed by atoms with Crippen molar-refractivity contribution in [1.29, 1.82) is 0 Å². The number of imidazole rings is 1. The Kier molecular flexibility index (Phi) is 2.79. The third-order valence-electron chi connectivity index (χ3n) is 2.97. The SMILES string of the molecule is O=C(O)c1cccc2[nH]c(=O)n(Cc3cccnn3)c12. The van der Waals surface area contributed by atoms with E-state index < -0.39 is 5.97 Å². The van der Waals surface area contributed by atoms with Crippen LogP contribution >= 0.6 is 0 Å². The molecule has 3 aromatic rings. The number of nitrogens with zero attached hydrogens (tertiary/aromatic N) is 3.